The standard InChI is InChI=1S/C15H10Br2N2OS/c16-9-5-6-11(17)10(7-9)15(20)18-8-14-19-12-3-1-2-4-13(12)21-14/h1-7H,8H2,(H,18,20). The van der Waals surface area contributed by atoms with Crippen molar-refractivity contribution in [2.45, 2.75) is 6.54 Å². The summed E-state index contributed by atoms with van der Waals surface area (Å²) in [6.07, 6.45) is 0. The van der Waals surface area contributed by atoms with E-state index in [1.165, 1.54) is 0 Å². The minimum atomic E-state index is -0.123. The maximum Gasteiger partial charge on any atom is 0.252 e. The molecule has 0 aliphatic carbocycles. The molecule has 3 rings (SSSR count). The van der Waals surface area contributed by atoms with E-state index in [9.17, 15) is 4.79 Å². The summed E-state index contributed by atoms with van der Waals surface area (Å²) < 4.78 is 2.77. The molecule has 21 heavy (non-hydrogen) atoms. The van der Waals surface area contributed by atoms with Crippen LogP contribution in [0.3, 0.4) is 0 Å². The number of carbonyl (C=O) groups is 1. The van der Waals surface area contributed by atoms with Gasteiger partial charge < -0.3 is 5.32 Å². The number of thiazole rings is 1. The fourth-order valence-corrected chi connectivity index (χ4v) is 3.61. The number of para-hydroxylation sites is 1. The van der Waals surface area contributed by atoms with Gasteiger partial charge in [-0.1, -0.05) is 28.1 Å². The highest BCUT2D eigenvalue weighted by Crippen LogP contribution is 2.23. The molecule has 0 radical (unpaired) electrons. The average molecular weight is 426 g/mol. The number of nitrogens with zero attached hydrogens (tertiary/aromatic N) is 1. The van der Waals surface area contributed by atoms with Crippen molar-refractivity contribution in [3.63, 3.8) is 0 Å². The number of rotatable bonds is 3. The van der Waals surface area contributed by atoms with Crippen LogP contribution < -0.4 is 5.32 Å². The monoisotopic (exact) mass is 424 g/mol. The number of halogens is 2. The van der Waals surface area contributed by atoms with Crippen LogP contribution in [0.25, 0.3) is 10.2 Å². The molecule has 0 bridgehead atoms. The molecule has 2 aromatic carbocycles. The Bertz CT molecular complexity index is 783. The Morgan fingerprint density at radius 2 is 2.00 bits per heavy atom. The van der Waals surface area contributed by atoms with E-state index in [4.69, 9.17) is 0 Å². The number of amides is 1. The number of fused-ring (bicyclic) bond motifs is 1. The second kappa shape index (κ2) is 6.25. The Balaban J connectivity index is 1.74. The summed E-state index contributed by atoms with van der Waals surface area (Å²) in [5.41, 5.74) is 1.57. The van der Waals surface area contributed by atoms with Crippen LogP contribution in [-0.2, 0) is 6.54 Å². The van der Waals surface area contributed by atoms with Gasteiger partial charge in [-0.2, -0.15) is 0 Å². The van der Waals surface area contributed by atoms with Crippen molar-refractivity contribution in [1.82, 2.24) is 10.3 Å². The van der Waals surface area contributed by atoms with Crippen molar-refractivity contribution in [1.29, 1.82) is 0 Å². The van der Waals surface area contributed by atoms with E-state index in [1.54, 1.807) is 17.4 Å². The predicted molar refractivity (Wildman–Crippen MR) is 92.6 cm³/mol. The maximum absolute atomic E-state index is 12.2. The lowest BCUT2D eigenvalue weighted by Gasteiger charge is -2.05. The van der Waals surface area contributed by atoms with Crippen LogP contribution in [0.1, 0.15) is 15.4 Å². The van der Waals surface area contributed by atoms with Crippen molar-refractivity contribution >= 4 is 59.3 Å². The maximum atomic E-state index is 12.2. The van der Waals surface area contributed by atoms with Gasteiger partial charge in [0.1, 0.15) is 5.01 Å². The number of aromatic nitrogens is 1. The molecule has 0 saturated carbocycles. The Morgan fingerprint density at radius 1 is 1.19 bits per heavy atom. The molecule has 3 nitrogen and oxygen atoms in total. The molecule has 6 heteroatoms. The zero-order chi connectivity index (χ0) is 14.8. The van der Waals surface area contributed by atoms with Crippen molar-refractivity contribution in [3.05, 3.63) is 62.0 Å². The first kappa shape index (κ1) is 14.7. The van der Waals surface area contributed by atoms with Gasteiger partial charge in [0.2, 0.25) is 0 Å². The Labute approximate surface area is 142 Å². The van der Waals surface area contributed by atoms with Crippen LogP contribution in [-0.4, -0.2) is 10.9 Å². The van der Waals surface area contributed by atoms with Gasteiger partial charge >= 0.3 is 0 Å². The van der Waals surface area contributed by atoms with E-state index >= 15 is 0 Å². The largest absolute Gasteiger partial charge is 0.345 e. The molecule has 106 valence electrons. The van der Waals surface area contributed by atoms with Gasteiger partial charge in [0.25, 0.3) is 5.91 Å². The van der Waals surface area contributed by atoms with Crippen molar-refractivity contribution < 1.29 is 4.79 Å². The van der Waals surface area contributed by atoms with Gasteiger partial charge in [0, 0.05) is 8.95 Å². The highest BCUT2D eigenvalue weighted by atomic mass is 79.9. The minimum absolute atomic E-state index is 0.123. The molecule has 0 atom stereocenters. The summed E-state index contributed by atoms with van der Waals surface area (Å²) in [4.78, 5) is 16.7. The number of nitrogens with one attached hydrogen (secondary N) is 1. The van der Waals surface area contributed by atoms with Crippen LogP contribution in [0.4, 0.5) is 0 Å². The first-order valence-corrected chi connectivity index (χ1v) is 8.61. The van der Waals surface area contributed by atoms with Crippen LogP contribution in [0.15, 0.2) is 51.4 Å². The van der Waals surface area contributed by atoms with Gasteiger partial charge in [-0.25, -0.2) is 4.98 Å². The first-order chi connectivity index (χ1) is 10.1. The number of hydrogen-bond acceptors (Lipinski definition) is 3. The lowest BCUT2D eigenvalue weighted by atomic mass is 10.2. The molecular weight excluding hydrogens is 416 g/mol. The number of carbonyl (C=O) groups excluding carboxylic acids is 1. The first-order valence-electron chi connectivity index (χ1n) is 6.21. The van der Waals surface area contributed by atoms with Crippen LogP contribution in [0.5, 0.6) is 0 Å². The highest BCUT2D eigenvalue weighted by molar-refractivity contribution is 9.11. The Hall–Kier alpha value is -1.24. The van der Waals surface area contributed by atoms with Gasteiger partial charge in [-0.3, -0.25) is 4.79 Å². The van der Waals surface area contributed by atoms with Crippen LogP contribution >= 0.6 is 43.2 Å². The average Bonchev–Trinajstić information content (AvgIpc) is 2.90. The SMILES string of the molecule is O=C(NCc1nc2ccccc2s1)c1cc(Br)ccc1Br. The lowest BCUT2D eigenvalue weighted by Crippen LogP contribution is -2.23. The van der Waals surface area contributed by atoms with Gasteiger partial charge in [-0.15, -0.1) is 11.3 Å². The smallest absolute Gasteiger partial charge is 0.252 e. The van der Waals surface area contributed by atoms with Gasteiger partial charge in [0.15, 0.2) is 0 Å². The molecule has 3 aromatic rings. The van der Waals surface area contributed by atoms with E-state index in [0.717, 1.165) is 24.2 Å². The van der Waals surface area contributed by atoms with E-state index < -0.39 is 0 Å². The third kappa shape index (κ3) is 3.33. The molecule has 1 N–H and O–H groups in total. The normalized spacial score (nSPS) is 10.8. The third-order valence-corrected chi connectivity index (χ3v) is 5.13. The Kier molecular flexibility index (Phi) is 4.37. The van der Waals surface area contributed by atoms with E-state index in [2.05, 4.69) is 42.2 Å². The molecule has 1 amide bonds. The van der Waals surface area contributed by atoms with Crippen LogP contribution in [0.2, 0.25) is 0 Å². The zero-order valence-electron chi connectivity index (χ0n) is 10.8. The summed E-state index contributed by atoms with van der Waals surface area (Å²) in [7, 11) is 0. The molecule has 1 heterocycles. The summed E-state index contributed by atoms with van der Waals surface area (Å²) in [5.74, 6) is -0.123. The third-order valence-electron chi connectivity index (χ3n) is 2.91. The molecule has 0 fully saturated rings. The quantitative estimate of drug-likeness (QED) is 0.657. The van der Waals surface area contributed by atoms with Gasteiger partial charge in [0.05, 0.1) is 22.3 Å². The highest BCUT2D eigenvalue weighted by Gasteiger charge is 2.11. The molecule has 1 aromatic heterocycles. The van der Waals surface area contributed by atoms with Crippen molar-refractivity contribution in [3.8, 4) is 0 Å². The second-order valence-corrected chi connectivity index (χ2v) is 7.27. The predicted octanol–water partition coefficient (Wildman–Crippen LogP) is 4.75. The van der Waals surface area contributed by atoms with E-state index in [0.29, 0.717) is 12.1 Å². The van der Waals surface area contributed by atoms with E-state index in [1.807, 2.05) is 36.4 Å². The van der Waals surface area contributed by atoms with E-state index in [-0.39, 0.29) is 5.91 Å². The summed E-state index contributed by atoms with van der Waals surface area (Å²) in [6.45, 7) is 0.428. The van der Waals surface area contributed by atoms with Crippen molar-refractivity contribution in [2.75, 3.05) is 0 Å². The van der Waals surface area contributed by atoms with Gasteiger partial charge in [-0.05, 0) is 46.3 Å². The van der Waals surface area contributed by atoms with Crippen molar-refractivity contribution in [2.24, 2.45) is 0 Å². The fourth-order valence-electron chi connectivity index (χ4n) is 1.92. The summed E-state index contributed by atoms with van der Waals surface area (Å²) in [6, 6.07) is 13.5. The molecule has 0 spiro atoms. The molecule has 0 aliphatic heterocycles. The Morgan fingerprint density at radius 3 is 2.81 bits per heavy atom. The molecule has 0 aliphatic rings. The molecule has 0 unspecified atom stereocenters. The topological polar surface area (TPSA) is 42.0 Å². The second-order valence-electron chi connectivity index (χ2n) is 4.38. The number of hydrogen-bond donors (Lipinski definition) is 1. The van der Waals surface area contributed by atoms with Crippen LogP contribution in [0, 0.1) is 0 Å². The number of benzene rings is 2. The summed E-state index contributed by atoms with van der Waals surface area (Å²) >= 11 is 8.36. The zero-order valence-corrected chi connectivity index (χ0v) is 14.8. The molecule has 0 saturated heterocycles. The summed E-state index contributed by atoms with van der Waals surface area (Å²) in [5, 5.41) is 3.80. The molecular formula is C15H10Br2N2OS. The minimum Gasteiger partial charge on any atom is -0.345 e. The lowest BCUT2D eigenvalue weighted by molar-refractivity contribution is 0.0950. The fraction of sp³-hybridized carbons (Fsp3) is 0.0667.